The van der Waals surface area contributed by atoms with Crippen molar-refractivity contribution in [1.29, 1.82) is 0 Å². The van der Waals surface area contributed by atoms with E-state index in [1.165, 1.54) is 12.3 Å². The van der Waals surface area contributed by atoms with Crippen molar-refractivity contribution in [2.24, 2.45) is 5.41 Å². The predicted octanol–water partition coefficient (Wildman–Crippen LogP) is 2.05. The molecule has 3 rings (SSSR count). The second-order valence-electron chi connectivity index (χ2n) is 7.32. The number of aromatic nitrogens is 1. The largest absolute Gasteiger partial charge is 0.444 e. The molecule has 2 saturated heterocycles. The molecule has 1 amide bonds. The van der Waals surface area contributed by atoms with Crippen LogP contribution in [0.3, 0.4) is 0 Å². The van der Waals surface area contributed by atoms with Gasteiger partial charge in [0.2, 0.25) is 0 Å². The lowest BCUT2D eigenvalue weighted by Gasteiger charge is -2.60. The van der Waals surface area contributed by atoms with Gasteiger partial charge in [0.1, 0.15) is 5.60 Å². The third kappa shape index (κ3) is 3.06. The molecule has 0 saturated carbocycles. The molecular weight excluding hydrogens is 300 g/mol. The van der Waals surface area contributed by atoms with Crippen LogP contribution < -0.4 is 4.90 Å². The number of carbonyl (C=O) groups is 1. The minimum absolute atomic E-state index is 0.124. The van der Waals surface area contributed by atoms with Crippen LogP contribution in [0.1, 0.15) is 20.8 Å². The van der Waals surface area contributed by atoms with Gasteiger partial charge in [-0.1, -0.05) is 0 Å². The Morgan fingerprint density at radius 3 is 2.43 bits per heavy atom. The molecule has 0 bridgehead atoms. The van der Waals surface area contributed by atoms with Crippen LogP contribution in [0.15, 0.2) is 18.3 Å². The maximum Gasteiger partial charge on any atom is 0.410 e. The van der Waals surface area contributed by atoms with E-state index in [1.807, 2.05) is 20.8 Å². The Morgan fingerprint density at radius 2 is 1.96 bits per heavy atom. The zero-order valence-electron chi connectivity index (χ0n) is 13.5. The number of amides is 1. The van der Waals surface area contributed by atoms with Crippen molar-refractivity contribution in [3.05, 3.63) is 28.4 Å². The molecule has 1 aromatic heterocycles. The Labute approximate surface area is 134 Å². The van der Waals surface area contributed by atoms with Gasteiger partial charge in [-0.3, -0.25) is 0 Å². The number of nitrogens with zero attached hydrogens (tertiary/aromatic N) is 4. The van der Waals surface area contributed by atoms with Gasteiger partial charge in [0.15, 0.2) is 6.20 Å². The summed E-state index contributed by atoms with van der Waals surface area (Å²) in [5.41, 5.74) is 0.520. The normalized spacial score (nSPS) is 19.1. The highest BCUT2D eigenvalue weighted by atomic mass is 16.6. The molecule has 2 aliphatic heterocycles. The van der Waals surface area contributed by atoms with Gasteiger partial charge >= 0.3 is 11.9 Å². The highest BCUT2D eigenvalue weighted by Crippen LogP contribution is 2.42. The van der Waals surface area contributed by atoms with Crippen molar-refractivity contribution in [2.75, 3.05) is 31.1 Å². The fourth-order valence-corrected chi connectivity index (χ4v) is 3.04. The average Bonchev–Trinajstić information content (AvgIpc) is 2.33. The summed E-state index contributed by atoms with van der Waals surface area (Å²) in [7, 11) is 0. The second kappa shape index (κ2) is 5.07. The summed E-state index contributed by atoms with van der Waals surface area (Å²) in [5, 5.41) is 10.6. The summed E-state index contributed by atoms with van der Waals surface area (Å²) in [4.78, 5) is 29.7. The lowest BCUT2D eigenvalue weighted by Crippen LogP contribution is -2.73. The third-order valence-electron chi connectivity index (χ3n) is 4.04. The van der Waals surface area contributed by atoms with Gasteiger partial charge < -0.3 is 24.7 Å². The number of rotatable bonds is 2. The van der Waals surface area contributed by atoms with E-state index in [-0.39, 0.29) is 17.3 Å². The highest BCUT2D eigenvalue weighted by Gasteiger charge is 2.54. The van der Waals surface area contributed by atoms with Crippen molar-refractivity contribution in [1.82, 2.24) is 9.88 Å². The Morgan fingerprint density at radius 1 is 1.30 bits per heavy atom. The Balaban J connectivity index is 1.50. The molecule has 2 aliphatic rings. The summed E-state index contributed by atoms with van der Waals surface area (Å²) < 4.78 is 5.35. The summed E-state index contributed by atoms with van der Waals surface area (Å²) >= 11 is 0. The summed E-state index contributed by atoms with van der Waals surface area (Å²) in [6.07, 6.45) is 1.26. The summed E-state index contributed by atoms with van der Waals surface area (Å²) in [5.74, 6) is -0.149. The molecule has 8 heteroatoms. The summed E-state index contributed by atoms with van der Waals surface area (Å²) in [6.45, 7) is 8.60. The minimum atomic E-state index is -0.508. The molecule has 0 aromatic carbocycles. The number of nitro groups is 1. The fourth-order valence-electron chi connectivity index (χ4n) is 3.04. The Bertz CT molecular complexity index is 624. The van der Waals surface area contributed by atoms with Crippen LogP contribution in [-0.4, -0.2) is 52.7 Å². The number of ether oxygens (including phenoxy) is 1. The van der Waals surface area contributed by atoms with Crippen molar-refractivity contribution in [3.63, 3.8) is 0 Å². The molecule has 1 aromatic rings. The molecule has 0 aliphatic carbocycles. The molecule has 0 atom stereocenters. The molecule has 0 unspecified atom stereocenters. The zero-order chi connectivity index (χ0) is 16.8. The topological polar surface area (TPSA) is 88.8 Å². The first-order chi connectivity index (χ1) is 10.7. The second-order valence-corrected chi connectivity index (χ2v) is 7.32. The quantitative estimate of drug-likeness (QED) is 0.612. The van der Waals surface area contributed by atoms with Crippen molar-refractivity contribution < 1.29 is 14.5 Å². The minimum Gasteiger partial charge on any atom is -0.444 e. The molecule has 1 spiro atoms. The highest BCUT2D eigenvalue weighted by molar-refractivity contribution is 5.70. The Hall–Kier alpha value is -2.38. The molecule has 3 heterocycles. The van der Waals surface area contributed by atoms with E-state index in [2.05, 4.69) is 9.88 Å². The number of anilines is 1. The lowest BCUT2D eigenvalue weighted by atomic mass is 9.73. The first kappa shape index (κ1) is 15.5. The van der Waals surface area contributed by atoms with Crippen LogP contribution in [0.25, 0.3) is 0 Å². The predicted molar refractivity (Wildman–Crippen MR) is 83.3 cm³/mol. The fraction of sp³-hybridized carbons (Fsp3) is 0.600. The monoisotopic (exact) mass is 320 g/mol. The van der Waals surface area contributed by atoms with Gasteiger partial charge in [-0.25, -0.2) is 4.79 Å². The first-order valence-corrected chi connectivity index (χ1v) is 7.51. The van der Waals surface area contributed by atoms with Gasteiger partial charge in [-0.2, -0.15) is 0 Å². The summed E-state index contributed by atoms with van der Waals surface area (Å²) in [6, 6.07) is 3.12. The van der Waals surface area contributed by atoms with Crippen molar-refractivity contribution in [3.8, 4) is 0 Å². The number of carbonyl (C=O) groups excluding carboxylic acids is 1. The van der Waals surface area contributed by atoms with Gasteiger partial charge in [-0.15, -0.1) is 0 Å². The average molecular weight is 320 g/mol. The number of likely N-dealkylation sites (tertiary alicyclic amines) is 1. The number of hydrogen-bond acceptors (Lipinski definition) is 6. The van der Waals surface area contributed by atoms with Crippen LogP contribution in [0.2, 0.25) is 0 Å². The number of hydrogen-bond donors (Lipinski definition) is 0. The smallest absolute Gasteiger partial charge is 0.410 e. The van der Waals surface area contributed by atoms with Crippen molar-refractivity contribution in [2.45, 2.75) is 26.4 Å². The van der Waals surface area contributed by atoms with E-state index >= 15 is 0 Å². The Kier molecular flexibility index (Phi) is 3.42. The van der Waals surface area contributed by atoms with Crippen LogP contribution >= 0.6 is 0 Å². The van der Waals surface area contributed by atoms with E-state index < -0.39 is 10.5 Å². The van der Waals surface area contributed by atoms with E-state index in [9.17, 15) is 14.9 Å². The third-order valence-corrected chi connectivity index (χ3v) is 4.04. The van der Waals surface area contributed by atoms with Gasteiger partial charge in [0.25, 0.3) is 0 Å². The van der Waals surface area contributed by atoms with E-state index in [0.717, 1.165) is 18.8 Å². The molecule has 124 valence electrons. The zero-order valence-corrected chi connectivity index (χ0v) is 13.5. The molecular formula is C15H20N4O4. The van der Waals surface area contributed by atoms with Gasteiger partial charge in [0, 0.05) is 37.7 Å². The molecule has 0 N–H and O–H groups in total. The molecule has 8 nitrogen and oxygen atoms in total. The van der Waals surface area contributed by atoms with Crippen LogP contribution in [-0.2, 0) is 4.74 Å². The van der Waals surface area contributed by atoms with E-state index in [1.54, 1.807) is 11.0 Å². The number of pyridine rings is 1. The standard InChI is InChI=1S/C15H20N4O4/c1-14(2,3)23-13(20)18-9-15(10-18)7-17(8-15)11-4-5-12(16-6-11)19(21)22/h4-6H,7-10H2,1-3H3. The molecule has 23 heavy (non-hydrogen) atoms. The van der Waals surface area contributed by atoms with E-state index in [0.29, 0.717) is 13.1 Å². The van der Waals surface area contributed by atoms with Gasteiger partial charge in [-0.05, 0) is 36.7 Å². The maximum absolute atomic E-state index is 11.9. The van der Waals surface area contributed by atoms with E-state index in [4.69, 9.17) is 4.74 Å². The van der Waals surface area contributed by atoms with Crippen LogP contribution in [0, 0.1) is 15.5 Å². The molecule has 0 radical (unpaired) electrons. The van der Waals surface area contributed by atoms with Gasteiger partial charge in [0.05, 0.1) is 5.69 Å². The maximum atomic E-state index is 11.9. The molecule has 2 fully saturated rings. The van der Waals surface area contributed by atoms with Crippen molar-refractivity contribution >= 4 is 17.6 Å². The SMILES string of the molecule is CC(C)(C)OC(=O)N1CC2(C1)CN(c1ccc([N+](=O)[O-])nc1)C2. The lowest BCUT2D eigenvalue weighted by molar-refractivity contribution is -0.389. The van der Waals surface area contributed by atoms with Crippen LogP contribution in [0.4, 0.5) is 16.3 Å². The first-order valence-electron chi connectivity index (χ1n) is 7.51. The van der Waals surface area contributed by atoms with Crippen LogP contribution in [0.5, 0.6) is 0 Å².